The zero-order valence-corrected chi connectivity index (χ0v) is 10.3. The number of carbonyl (C=O) groups excluding carboxylic acids is 1. The van der Waals surface area contributed by atoms with Gasteiger partial charge in [-0.05, 0) is 25.1 Å². The summed E-state index contributed by atoms with van der Waals surface area (Å²) in [6.45, 7) is 2.68. The number of thiazole rings is 1. The molecule has 1 aromatic carbocycles. The molecule has 0 saturated heterocycles. The molecule has 0 aliphatic carbocycles. The number of benzene rings is 1. The third-order valence-electron chi connectivity index (χ3n) is 2.28. The molecule has 1 heterocycles. The Morgan fingerprint density at radius 1 is 1.53 bits per heavy atom. The molecule has 0 saturated carbocycles. The number of nitrogens with two attached hydrogens (primary N) is 1. The summed E-state index contributed by atoms with van der Waals surface area (Å²) in [5, 5.41) is 4.28. The number of aryl methyl sites for hydroxylation is 1. The molecule has 4 nitrogen and oxygen atoms in total. The van der Waals surface area contributed by atoms with Crippen LogP contribution in [0.1, 0.15) is 20.2 Å². The summed E-state index contributed by atoms with van der Waals surface area (Å²) in [4.78, 5) is 16.4. The summed E-state index contributed by atoms with van der Waals surface area (Å²) >= 11 is 1.65. The maximum atomic E-state index is 11.0. The minimum atomic E-state index is -0.415. The number of aromatic nitrogens is 1. The first-order chi connectivity index (χ1) is 8.15. The van der Waals surface area contributed by atoms with Crippen molar-refractivity contribution in [2.24, 2.45) is 5.73 Å². The largest absolute Gasteiger partial charge is 0.380 e. The molecule has 0 bridgehead atoms. The van der Waals surface area contributed by atoms with E-state index in [0.29, 0.717) is 12.1 Å². The maximum Gasteiger partial charge on any atom is 0.248 e. The van der Waals surface area contributed by atoms with Crippen LogP contribution in [0.4, 0.5) is 5.69 Å². The molecule has 0 aliphatic rings. The average molecular weight is 247 g/mol. The molecule has 3 N–H and O–H groups in total. The summed E-state index contributed by atoms with van der Waals surface area (Å²) in [5.74, 6) is -0.415. The number of primary amides is 1. The third-order valence-corrected chi connectivity index (χ3v) is 3.20. The molecule has 0 unspecified atom stereocenters. The molecule has 0 spiro atoms. The Labute approximate surface area is 103 Å². The van der Waals surface area contributed by atoms with Crippen molar-refractivity contribution in [1.29, 1.82) is 0 Å². The van der Waals surface area contributed by atoms with Gasteiger partial charge in [-0.15, -0.1) is 11.3 Å². The molecule has 5 heteroatoms. The van der Waals surface area contributed by atoms with E-state index in [0.717, 1.165) is 15.6 Å². The van der Waals surface area contributed by atoms with E-state index in [1.165, 1.54) is 0 Å². The van der Waals surface area contributed by atoms with E-state index >= 15 is 0 Å². The predicted molar refractivity (Wildman–Crippen MR) is 69.1 cm³/mol. The van der Waals surface area contributed by atoms with E-state index in [1.807, 2.05) is 19.2 Å². The van der Waals surface area contributed by atoms with Crippen molar-refractivity contribution in [1.82, 2.24) is 4.98 Å². The van der Waals surface area contributed by atoms with Gasteiger partial charge >= 0.3 is 0 Å². The zero-order chi connectivity index (χ0) is 12.3. The summed E-state index contributed by atoms with van der Waals surface area (Å²) in [6.07, 6.45) is 1.85. The Hall–Kier alpha value is -1.88. The number of hydrogen-bond acceptors (Lipinski definition) is 4. The smallest absolute Gasteiger partial charge is 0.248 e. The van der Waals surface area contributed by atoms with Gasteiger partial charge in [-0.25, -0.2) is 4.98 Å². The van der Waals surface area contributed by atoms with E-state index in [4.69, 9.17) is 5.73 Å². The molecule has 1 aromatic heterocycles. The van der Waals surface area contributed by atoms with Crippen LogP contribution in [0.3, 0.4) is 0 Å². The fraction of sp³-hybridized carbons (Fsp3) is 0.167. The number of rotatable bonds is 4. The van der Waals surface area contributed by atoms with Gasteiger partial charge in [0, 0.05) is 22.3 Å². The predicted octanol–water partition coefficient (Wildman–Crippen LogP) is 2.16. The number of nitrogens with one attached hydrogen (secondary N) is 1. The van der Waals surface area contributed by atoms with Gasteiger partial charge in [0.1, 0.15) is 0 Å². The lowest BCUT2D eigenvalue weighted by atomic mass is 10.2. The molecule has 0 radical (unpaired) electrons. The second-order valence-electron chi connectivity index (χ2n) is 3.64. The maximum absolute atomic E-state index is 11.0. The van der Waals surface area contributed by atoms with Gasteiger partial charge in [0.2, 0.25) is 5.91 Å². The molecule has 1 amide bonds. The van der Waals surface area contributed by atoms with Crippen LogP contribution in [0.2, 0.25) is 0 Å². The summed E-state index contributed by atoms with van der Waals surface area (Å²) in [6, 6.07) is 7.15. The van der Waals surface area contributed by atoms with Crippen molar-refractivity contribution in [2.75, 3.05) is 5.32 Å². The zero-order valence-electron chi connectivity index (χ0n) is 9.43. The molecule has 2 rings (SSSR count). The van der Waals surface area contributed by atoms with Crippen molar-refractivity contribution in [3.63, 3.8) is 0 Å². The van der Waals surface area contributed by atoms with Crippen LogP contribution >= 0.6 is 11.3 Å². The second-order valence-corrected chi connectivity index (χ2v) is 4.96. The molecule has 0 aliphatic heterocycles. The van der Waals surface area contributed by atoms with Crippen LogP contribution in [0, 0.1) is 6.92 Å². The van der Waals surface area contributed by atoms with Crippen LogP contribution in [0.15, 0.2) is 30.5 Å². The molecular weight excluding hydrogens is 234 g/mol. The molecule has 17 heavy (non-hydrogen) atoms. The van der Waals surface area contributed by atoms with Crippen LogP contribution in [-0.2, 0) is 6.54 Å². The van der Waals surface area contributed by atoms with Crippen molar-refractivity contribution >= 4 is 22.9 Å². The van der Waals surface area contributed by atoms with E-state index in [1.54, 1.807) is 29.5 Å². The van der Waals surface area contributed by atoms with Gasteiger partial charge in [-0.1, -0.05) is 6.07 Å². The van der Waals surface area contributed by atoms with Crippen molar-refractivity contribution in [3.05, 3.63) is 45.9 Å². The van der Waals surface area contributed by atoms with Crippen molar-refractivity contribution in [3.8, 4) is 0 Å². The van der Waals surface area contributed by atoms with E-state index < -0.39 is 5.91 Å². The molecule has 0 fully saturated rings. The SMILES string of the molecule is Cc1ncc(CNc2cccc(C(N)=O)c2)s1. The Kier molecular flexibility index (Phi) is 3.39. The van der Waals surface area contributed by atoms with Gasteiger partial charge in [0.05, 0.1) is 11.6 Å². The summed E-state index contributed by atoms with van der Waals surface area (Å²) < 4.78 is 0. The standard InChI is InChI=1S/C12H13N3OS/c1-8-14-6-11(17-8)7-15-10-4-2-3-9(5-10)12(13)16/h2-6,15H,7H2,1H3,(H2,13,16). The lowest BCUT2D eigenvalue weighted by Gasteiger charge is -2.05. The molecule has 0 atom stereocenters. The number of amides is 1. The van der Waals surface area contributed by atoms with Gasteiger partial charge in [0.25, 0.3) is 0 Å². The number of nitrogens with zero attached hydrogens (tertiary/aromatic N) is 1. The van der Waals surface area contributed by atoms with Gasteiger partial charge < -0.3 is 11.1 Å². The van der Waals surface area contributed by atoms with Crippen LogP contribution in [-0.4, -0.2) is 10.9 Å². The summed E-state index contributed by atoms with van der Waals surface area (Å²) in [5.41, 5.74) is 6.61. The lowest BCUT2D eigenvalue weighted by molar-refractivity contribution is 0.100. The van der Waals surface area contributed by atoms with Gasteiger partial charge in [-0.2, -0.15) is 0 Å². The fourth-order valence-electron chi connectivity index (χ4n) is 1.46. The highest BCUT2D eigenvalue weighted by Gasteiger charge is 2.02. The first kappa shape index (κ1) is 11.6. The molecular formula is C12H13N3OS. The average Bonchev–Trinajstić information content (AvgIpc) is 2.73. The Bertz CT molecular complexity index is 536. The number of hydrogen-bond donors (Lipinski definition) is 2. The number of carbonyl (C=O) groups is 1. The minimum Gasteiger partial charge on any atom is -0.380 e. The highest BCUT2D eigenvalue weighted by molar-refractivity contribution is 7.11. The Morgan fingerprint density at radius 3 is 3.00 bits per heavy atom. The van der Waals surface area contributed by atoms with Crippen molar-refractivity contribution in [2.45, 2.75) is 13.5 Å². The van der Waals surface area contributed by atoms with Crippen molar-refractivity contribution < 1.29 is 4.79 Å². The van der Waals surface area contributed by atoms with Crippen LogP contribution in [0.5, 0.6) is 0 Å². The Balaban J connectivity index is 2.04. The molecule has 88 valence electrons. The third kappa shape index (κ3) is 3.04. The highest BCUT2D eigenvalue weighted by atomic mass is 32.1. The highest BCUT2D eigenvalue weighted by Crippen LogP contribution is 2.15. The van der Waals surface area contributed by atoms with Crippen LogP contribution in [0.25, 0.3) is 0 Å². The van der Waals surface area contributed by atoms with E-state index in [2.05, 4.69) is 10.3 Å². The first-order valence-corrected chi connectivity index (χ1v) is 6.02. The van der Waals surface area contributed by atoms with Gasteiger partial charge in [0.15, 0.2) is 0 Å². The minimum absolute atomic E-state index is 0.415. The lowest BCUT2D eigenvalue weighted by Crippen LogP contribution is -2.11. The summed E-state index contributed by atoms with van der Waals surface area (Å²) in [7, 11) is 0. The normalized spacial score (nSPS) is 10.2. The second kappa shape index (κ2) is 4.97. The first-order valence-electron chi connectivity index (χ1n) is 5.20. The Morgan fingerprint density at radius 2 is 2.35 bits per heavy atom. The monoisotopic (exact) mass is 247 g/mol. The molecule has 2 aromatic rings. The fourth-order valence-corrected chi connectivity index (χ4v) is 2.19. The number of anilines is 1. The van der Waals surface area contributed by atoms with Gasteiger partial charge in [-0.3, -0.25) is 4.79 Å². The quantitative estimate of drug-likeness (QED) is 0.870. The van der Waals surface area contributed by atoms with Crippen LogP contribution < -0.4 is 11.1 Å². The topological polar surface area (TPSA) is 68.0 Å². The van der Waals surface area contributed by atoms with E-state index in [9.17, 15) is 4.79 Å². The van der Waals surface area contributed by atoms with E-state index in [-0.39, 0.29) is 0 Å².